The molecule has 1 aliphatic heterocycles. The number of ether oxygens (including phenoxy) is 4. The number of rotatable bonds is 7. The SMILES string of the molecule is COCOC[C@]1(C(=O)OC)N=C(c2ccccc2)O[C@H]1C=O. The number of hydrogen-bond acceptors (Lipinski definition) is 7. The fourth-order valence-electron chi connectivity index (χ4n) is 2.14. The molecule has 0 N–H and O–H groups in total. The van der Waals surface area contributed by atoms with Gasteiger partial charge in [-0.2, -0.15) is 0 Å². The average Bonchev–Trinajstić information content (AvgIpc) is 2.95. The molecule has 1 aliphatic rings. The molecule has 7 nitrogen and oxygen atoms in total. The Morgan fingerprint density at radius 3 is 2.68 bits per heavy atom. The fourth-order valence-corrected chi connectivity index (χ4v) is 2.14. The Hall–Kier alpha value is -2.25. The van der Waals surface area contributed by atoms with Gasteiger partial charge >= 0.3 is 5.97 Å². The molecule has 2 rings (SSSR count). The number of carbonyl (C=O) groups excluding carboxylic acids is 2. The van der Waals surface area contributed by atoms with E-state index >= 15 is 0 Å². The van der Waals surface area contributed by atoms with Gasteiger partial charge in [-0.1, -0.05) is 18.2 Å². The summed E-state index contributed by atoms with van der Waals surface area (Å²) in [6.45, 7) is -0.228. The highest BCUT2D eigenvalue weighted by molar-refractivity contribution is 6.02. The third-order valence-electron chi connectivity index (χ3n) is 3.22. The minimum atomic E-state index is -1.57. The second kappa shape index (κ2) is 7.15. The molecule has 0 bridgehead atoms. The third-order valence-corrected chi connectivity index (χ3v) is 3.22. The molecule has 2 atom stereocenters. The standard InChI is InChI=1S/C15H17NO6/c1-19-10-21-9-15(14(18)20-2)12(8-17)22-13(16-15)11-6-4-3-5-7-11/h3-8,12H,9-10H2,1-2H3/t12-,15-/m0/s1. The van der Waals surface area contributed by atoms with Gasteiger partial charge in [-0.25, -0.2) is 9.79 Å². The Bertz CT molecular complexity index is 558. The van der Waals surface area contributed by atoms with Gasteiger partial charge in [0, 0.05) is 12.7 Å². The van der Waals surface area contributed by atoms with Crippen molar-refractivity contribution in [1.29, 1.82) is 0 Å². The summed E-state index contributed by atoms with van der Waals surface area (Å²) >= 11 is 0. The molecule has 1 aromatic rings. The van der Waals surface area contributed by atoms with E-state index in [1.54, 1.807) is 24.3 Å². The van der Waals surface area contributed by atoms with Crippen LogP contribution in [0.1, 0.15) is 5.56 Å². The van der Waals surface area contributed by atoms with E-state index in [-0.39, 0.29) is 19.3 Å². The monoisotopic (exact) mass is 307 g/mol. The molecule has 0 spiro atoms. The lowest BCUT2D eigenvalue weighted by Gasteiger charge is -2.24. The number of nitrogens with zero attached hydrogens (tertiary/aromatic N) is 1. The van der Waals surface area contributed by atoms with Gasteiger partial charge < -0.3 is 18.9 Å². The molecule has 0 aliphatic carbocycles. The van der Waals surface area contributed by atoms with Crippen LogP contribution in [0.5, 0.6) is 0 Å². The van der Waals surface area contributed by atoms with E-state index in [4.69, 9.17) is 18.9 Å². The van der Waals surface area contributed by atoms with Crippen LogP contribution in [-0.4, -0.2) is 57.4 Å². The number of benzene rings is 1. The van der Waals surface area contributed by atoms with E-state index in [0.717, 1.165) is 0 Å². The highest BCUT2D eigenvalue weighted by Crippen LogP contribution is 2.29. The van der Waals surface area contributed by atoms with Crippen LogP contribution >= 0.6 is 0 Å². The number of carbonyl (C=O) groups is 2. The zero-order valence-electron chi connectivity index (χ0n) is 12.4. The molecule has 0 saturated carbocycles. The maximum atomic E-state index is 12.2. The van der Waals surface area contributed by atoms with E-state index in [0.29, 0.717) is 11.8 Å². The lowest BCUT2D eigenvalue weighted by atomic mass is 9.95. The average molecular weight is 307 g/mol. The van der Waals surface area contributed by atoms with Crippen molar-refractivity contribution >= 4 is 18.2 Å². The van der Waals surface area contributed by atoms with E-state index < -0.39 is 17.6 Å². The van der Waals surface area contributed by atoms with Crippen LogP contribution in [0.4, 0.5) is 0 Å². The van der Waals surface area contributed by atoms with Crippen molar-refractivity contribution in [2.24, 2.45) is 4.99 Å². The summed E-state index contributed by atoms with van der Waals surface area (Å²) in [5.74, 6) is -0.504. The second-order valence-corrected chi connectivity index (χ2v) is 4.63. The first-order valence-corrected chi connectivity index (χ1v) is 6.60. The summed E-state index contributed by atoms with van der Waals surface area (Å²) in [5.41, 5.74) is -0.910. The minimum Gasteiger partial charge on any atom is -0.467 e. The predicted molar refractivity (Wildman–Crippen MR) is 76.5 cm³/mol. The zero-order chi connectivity index (χ0) is 16.0. The van der Waals surface area contributed by atoms with Crippen LogP contribution in [0.15, 0.2) is 35.3 Å². The largest absolute Gasteiger partial charge is 0.467 e. The van der Waals surface area contributed by atoms with E-state index in [1.807, 2.05) is 6.07 Å². The van der Waals surface area contributed by atoms with Crippen LogP contribution < -0.4 is 0 Å². The summed E-state index contributed by atoms with van der Waals surface area (Å²) in [7, 11) is 2.67. The van der Waals surface area contributed by atoms with Crippen LogP contribution in [0.25, 0.3) is 0 Å². The Labute approximate surface area is 127 Å². The predicted octanol–water partition coefficient (Wildman–Crippen LogP) is 0.563. The van der Waals surface area contributed by atoms with Gasteiger partial charge in [0.25, 0.3) is 0 Å². The number of esters is 1. The Balaban J connectivity index is 2.37. The van der Waals surface area contributed by atoms with Crippen molar-refractivity contribution in [3.63, 3.8) is 0 Å². The summed E-state index contributed by atoms with van der Waals surface area (Å²) < 4.78 is 20.3. The smallest absolute Gasteiger partial charge is 0.340 e. The lowest BCUT2D eigenvalue weighted by molar-refractivity contribution is -0.157. The van der Waals surface area contributed by atoms with Crippen molar-refractivity contribution in [2.45, 2.75) is 11.6 Å². The van der Waals surface area contributed by atoms with Crippen LogP contribution in [0.2, 0.25) is 0 Å². The summed E-state index contributed by atoms with van der Waals surface area (Å²) in [4.78, 5) is 27.8. The highest BCUT2D eigenvalue weighted by atomic mass is 16.7. The molecule has 7 heteroatoms. The first-order chi connectivity index (χ1) is 10.7. The Morgan fingerprint density at radius 1 is 1.36 bits per heavy atom. The summed E-state index contributed by atoms with van der Waals surface area (Å²) in [6.07, 6.45) is -0.598. The molecule has 118 valence electrons. The molecule has 22 heavy (non-hydrogen) atoms. The number of aldehydes is 1. The molecule has 0 aromatic heterocycles. The fraction of sp³-hybridized carbons (Fsp3) is 0.400. The van der Waals surface area contributed by atoms with Gasteiger partial charge in [-0.15, -0.1) is 0 Å². The van der Waals surface area contributed by atoms with Gasteiger partial charge in [0.2, 0.25) is 11.4 Å². The first-order valence-electron chi connectivity index (χ1n) is 6.60. The quantitative estimate of drug-likeness (QED) is 0.317. The topological polar surface area (TPSA) is 83.4 Å². The Morgan fingerprint density at radius 2 is 2.09 bits per heavy atom. The lowest BCUT2D eigenvalue weighted by Crippen LogP contribution is -2.51. The summed E-state index contributed by atoms with van der Waals surface area (Å²) in [5, 5.41) is 0. The first kappa shape index (κ1) is 16.1. The van der Waals surface area contributed by atoms with Crippen molar-refractivity contribution in [3.8, 4) is 0 Å². The van der Waals surface area contributed by atoms with Gasteiger partial charge in [0.15, 0.2) is 12.4 Å². The number of aliphatic imine (C=N–C) groups is 1. The molecule has 0 saturated heterocycles. The normalized spacial score (nSPS) is 23.5. The molecule has 0 radical (unpaired) electrons. The van der Waals surface area contributed by atoms with Crippen molar-refractivity contribution < 1.29 is 28.5 Å². The molecule has 0 fully saturated rings. The number of hydrogen-bond donors (Lipinski definition) is 0. The van der Waals surface area contributed by atoms with Crippen LogP contribution in [0.3, 0.4) is 0 Å². The van der Waals surface area contributed by atoms with Crippen molar-refractivity contribution in [2.75, 3.05) is 27.6 Å². The molecular weight excluding hydrogens is 290 g/mol. The van der Waals surface area contributed by atoms with Gasteiger partial charge in [0.1, 0.15) is 6.79 Å². The number of methoxy groups -OCH3 is 2. The van der Waals surface area contributed by atoms with Crippen LogP contribution in [0, 0.1) is 0 Å². The van der Waals surface area contributed by atoms with Crippen molar-refractivity contribution in [3.05, 3.63) is 35.9 Å². The molecule has 0 unspecified atom stereocenters. The minimum absolute atomic E-state index is 0.0412. The van der Waals surface area contributed by atoms with Gasteiger partial charge in [-0.3, -0.25) is 4.79 Å². The molecule has 1 heterocycles. The van der Waals surface area contributed by atoms with E-state index in [2.05, 4.69) is 4.99 Å². The molecule has 1 aromatic carbocycles. The Kier molecular flexibility index (Phi) is 5.24. The summed E-state index contributed by atoms with van der Waals surface area (Å²) in [6, 6.07) is 8.98. The van der Waals surface area contributed by atoms with E-state index in [9.17, 15) is 9.59 Å². The zero-order valence-corrected chi connectivity index (χ0v) is 12.4. The maximum Gasteiger partial charge on any atom is 0.340 e. The van der Waals surface area contributed by atoms with Crippen LogP contribution in [-0.2, 0) is 28.5 Å². The maximum absolute atomic E-state index is 12.2. The second-order valence-electron chi connectivity index (χ2n) is 4.63. The third kappa shape index (κ3) is 3.00. The molecule has 0 amide bonds. The van der Waals surface area contributed by atoms with Gasteiger partial charge in [0.05, 0.1) is 13.7 Å². The highest BCUT2D eigenvalue weighted by Gasteiger charge is 2.54. The van der Waals surface area contributed by atoms with Gasteiger partial charge in [-0.05, 0) is 12.1 Å². The van der Waals surface area contributed by atoms with E-state index in [1.165, 1.54) is 14.2 Å². The van der Waals surface area contributed by atoms with Crippen molar-refractivity contribution in [1.82, 2.24) is 0 Å². The molecular formula is C15H17NO6.